The van der Waals surface area contributed by atoms with E-state index in [-0.39, 0.29) is 5.82 Å². The van der Waals surface area contributed by atoms with Gasteiger partial charge in [-0.1, -0.05) is 5.16 Å². The van der Waals surface area contributed by atoms with E-state index in [1.165, 1.54) is 12.1 Å². The molecule has 0 aliphatic rings. The highest BCUT2D eigenvalue weighted by Crippen LogP contribution is 2.20. The Morgan fingerprint density at radius 2 is 1.92 bits per heavy atom. The second-order valence-corrected chi connectivity index (χ2v) is 2.85. The fraction of sp³-hybridized carbons (Fsp3) is 0.100. The SMILES string of the molecule is Cc1conc1-c1ccc(F)cc1. The van der Waals surface area contributed by atoms with Crippen molar-refractivity contribution in [1.29, 1.82) is 0 Å². The summed E-state index contributed by atoms with van der Waals surface area (Å²) in [6.45, 7) is 1.90. The lowest BCUT2D eigenvalue weighted by molar-refractivity contribution is 0.421. The van der Waals surface area contributed by atoms with Gasteiger partial charge in [-0.15, -0.1) is 0 Å². The van der Waals surface area contributed by atoms with E-state index in [9.17, 15) is 4.39 Å². The molecule has 0 N–H and O–H groups in total. The molecule has 0 fully saturated rings. The maximum absolute atomic E-state index is 12.6. The second kappa shape index (κ2) is 3.01. The third kappa shape index (κ3) is 1.45. The van der Waals surface area contributed by atoms with Gasteiger partial charge in [0.1, 0.15) is 17.8 Å². The normalized spacial score (nSPS) is 10.3. The zero-order chi connectivity index (χ0) is 9.26. The molecule has 0 aliphatic carbocycles. The molecule has 0 unspecified atom stereocenters. The molecule has 3 heteroatoms. The van der Waals surface area contributed by atoms with Crippen LogP contribution in [-0.4, -0.2) is 5.16 Å². The van der Waals surface area contributed by atoms with E-state index >= 15 is 0 Å². The number of rotatable bonds is 1. The van der Waals surface area contributed by atoms with Crippen molar-refractivity contribution < 1.29 is 8.91 Å². The van der Waals surface area contributed by atoms with Crippen LogP contribution >= 0.6 is 0 Å². The average molecular weight is 177 g/mol. The van der Waals surface area contributed by atoms with Gasteiger partial charge in [0.2, 0.25) is 0 Å². The summed E-state index contributed by atoms with van der Waals surface area (Å²) in [5, 5.41) is 3.82. The first kappa shape index (κ1) is 7.98. The van der Waals surface area contributed by atoms with Crippen LogP contribution in [-0.2, 0) is 0 Å². The summed E-state index contributed by atoms with van der Waals surface area (Å²) < 4.78 is 17.4. The molecule has 66 valence electrons. The summed E-state index contributed by atoms with van der Waals surface area (Å²) in [5.74, 6) is -0.245. The van der Waals surface area contributed by atoms with E-state index in [2.05, 4.69) is 5.16 Å². The van der Waals surface area contributed by atoms with Crippen LogP contribution in [0.2, 0.25) is 0 Å². The molecule has 1 aromatic carbocycles. The Morgan fingerprint density at radius 1 is 1.23 bits per heavy atom. The van der Waals surface area contributed by atoms with Gasteiger partial charge in [-0.3, -0.25) is 0 Å². The van der Waals surface area contributed by atoms with Gasteiger partial charge in [-0.25, -0.2) is 4.39 Å². The third-order valence-corrected chi connectivity index (χ3v) is 1.86. The van der Waals surface area contributed by atoms with Crippen LogP contribution in [0.15, 0.2) is 35.1 Å². The molecule has 0 spiro atoms. The first-order chi connectivity index (χ1) is 6.27. The summed E-state index contributed by atoms with van der Waals surface area (Å²) in [7, 11) is 0. The van der Waals surface area contributed by atoms with Crippen molar-refractivity contribution in [2.24, 2.45) is 0 Å². The molecule has 1 aromatic heterocycles. The molecule has 13 heavy (non-hydrogen) atoms. The summed E-state index contributed by atoms with van der Waals surface area (Å²) in [4.78, 5) is 0. The highest BCUT2D eigenvalue weighted by Gasteiger charge is 2.05. The molecule has 0 saturated carbocycles. The van der Waals surface area contributed by atoms with Gasteiger partial charge in [0.15, 0.2) is 0 Å². The average Bonchev–Trinajstić information content (AvgIpc) is 2.53. The van der Waals surface area contributed by atoms with E-state index in [0.29, 0.717) is 0 Å². The molecule has 2 aromatic rings. The molecular weight excluding hydrogens is 169 g/mol. The highest BCUT2D eigenvalue weighted by molar-refractivity contribution is 5.61. The molecule has 0 saturated heterocycles. The molecule has 0 atom stereocenters. The Kier molecular flexibility index (Phi) is 1.85. The standard InChI is InChI=1S/C10H8FNO/c1-7-6-13-12-10(7)8-2-4-9(11)5-3-8/h2-6H,1H3. The van der Waals surface area contributed by atoms with Gasteiger partial charge in [-0.05, 0) is 31.2 Å². The van der Waals surface area contributed by atoms with Gasteiger partial charge in [0, 0.05) is 11.1 Å². The number of hydrogen-bond donors (Lipinski definition) is 0. The number of halogens is 1. The second-order valence-electron chi connectivity index (χ2n) is 2.85. The predicted octanol–water partition coefficient (Wildman–Crippen LogP) is 2.79. The van der Waals surface area contributed by atoms with Gasteiger partial charge < -0.3 is 4.52 Å². The van der Waals surface area contributed by atoms with E-state index in [4.69, 9.17) is 4.52 Å². The lowest BCUT2D eigenvalue weighted by atomic mass is 10.1. The zero-order valence-corrected chi connectivity index (χ0v) is 7.12. The predicted molar refractivity (Wildman–Crippen MR) is 46.6 cm³/mol. The lowest BCUT2D eigenvalue weighted by Crippen LogP contribution is -1.80. The first-order valence-corrected chi connectivity index (χ1v) is 3.94. The van der Waals surface area contributed by atoms with Crippen molar-refractivity contribution in [2.45, 2.75) is 6.92 Å². The molecule has 1 heterocycles. The summed E-state index contributed by atoms with van der Waals surface area (Å²) >= 11 is 0. The lowest BCUT2D eigenvalue weighted by Gasteiger charge is -1.95. The quantitative estimate of drug-likeness (QED) is 0.669. The highest BCUT2D eigenvalue weighted by atomic mass is 19.1. The smallest absolute Gasteiger partial charge is 0.127 e. The van der Waals surface area contributed by atoms with Crippen LogP contribution in [0.4, 0.5) is 4.39 Å². The number of nitrogens with zero attached hydrogens (tertiary/aromatic N) is 1. The number of benzene rings is 1. The van der Waals surface area contributed by atoms with Gasteiger partial charge in [0.05, 0.1) is 0 Å². The van der Waals surface area contributed by atoms with Gasteiger partial charge >= 0.3 is 0 Å². The van der Waals surface area contributed by atoms with Crippen LogP contribution in [0.25, 0.3) is 11.3 Å². The first-order valence-electron chi connectivity index (χ1n) is 3.94. The largest absolute Gasteiger partial charge is 0.364 e. The van der Waals surface area contributed by atoms with Crippen molar-refractivity contribution in [3.8, 4) is 11.3 Å². The molecule has 0 radical (unpaired) electrons. The summed E-state index contributed by atoms with van der Waals surface area (Å²) in [6.07, 6.45) is 1.57. The number of aromatic nitrogens is 1. The van der Waals surface area contributed by atoms with Crippen molar-refractivity contribution in [3.05, 3.63) is 41.9 Å². The molecule has 2 nitrogen and oxygen atoms in total. The Labute approximate surface area is 75.0 Å². The molecule has 0 amide bonds. The van der Waals surface area contributed by atoms with Crippen LogP contribution in [0.1, 0.15) is 5.56 Å². The Balaban J connectivity index is 2.47. The minimum atomic E-state index is -0.245. The summed E-state index contributed by atoms with van der Waals surface area (Å²) in [6, 6.07) is 6.17. The Hall–Kier alpha value is -1.64. The Morgan fingerprint density at radius 3 is 2.46 bits per heavy atom. The fourth-order valence-electron chi connectivity index (χ4n) is 1.17. The van der Waals surface area contributed by atoms with Crippen LogP contribution < -0.4 is 0 Å². The maximum atomic E-state index is 12.6. The van der Waals surface area contributed by atoms with Crippen molar-refractivity contribution in [2.75, 3.05) is 0 Å². The maximum Gasteiger partial charge on any atom is 0.127 e. The van der Waals surface area contributed by atoms with Gasteiger partial charge in [0.25, 0.3) is 0 Å². The van der Waals surface area contributed by atoms with Gasteiger partial charge in [-0.2, -0.15) is 0 Å². The topological polar surface area (TPSA) is 26.0 Å². The minimum absolute atomic E-state index is 0.245. The number of aryl methyl sites for hydroxylation is 1. The minimum Gasteiger partial charge on any atom is -0.364 e. The molecule has 2 rings (SSSR count). The van der Waals surface area contributed by atoms with Crippen molar-refractivity contribution in [3.63, 3.8) is 0 Å². The zero-order valence-electron chi connectivity index (χ0n) is 7.12. The molecular formula is C10H8FNO. The third-order valence-electron chi connectivity index (χ3n) is 1.86. The van der Waals surface area contributed by atoms with Crippen LogP contribution in [0.3, 0.4) is 0 Å². The molecule has 0 aliphatic heterocycles. The Bertz CT molecular complexity index is 405. The molecule has 0 bridgehead atoms. The summed E-state index contributed by atoms with van der Waals surface area (Å²) in [5.41, 5.74) is 2.58. The van der Waals surface area contributed by atoms with Crippen LogP contribution in [0, 0.1) is 12.7 Å². The van der Waals surface area contributed by atoms with E-state index in [1.807, 2.05) is 6.92 Å². The fourth-order valence-corrected chi connectivity index (χ4v) is 1.17. The van der Waals surface area contributed by atoms with Crippen molar-refractivity contribution >= 4 is 0 Å². The van der Waals surface area contributed by atoms with E-state index in [0.717, 1.165) is 16.8 Å². The van der Waals surface area contributed by atoms with Crippen LogP contribution in [0.5, 0.6) is 0 Å². The number of hydrogen-bond acceptors (Lipinski definition) is 2. The monoisotopic (exact) mass is 177 g/mol. The van der Waals surface area contributed by atoms with Crippen molar-refractivity contribution in [1.82, 2.24) is 5.16 Å². The van der Waals surface area contributed by atoms with E-state index in [1.54, 1.807) is 18.4 Å². The van der Waals surface area contributed by atoms with E-state index < -0.39 is 0 Å².